The van der Waals surface area contributed by atoms with E-state index < -0.39 is 15.6 Å². The molecule has 1 aliphatic rings. The molecule has 1 aromatic carbocycles. The van der Waals surface area contributed by atoms with Crippen LogP contribution in [-0.4, -0.2) is 43.6 Å². The summed E-state index contributed by atoms with van der Waals surface area (Å²) in [5.74, 6) is 0.670. The van der Waals surface area contributed by atoms with Gasteiger partial charge in [0, 0.05) is 6.54 Å². The number of nitrogens with zero attached hydrogens (tertiary/aromatic N) is 1. The predicted octanol–water partition coefficient (Wildman–Crippen LogP) is 2.66. The first kappa shape index (κ1) is 17.2. The van der Waals surface area contributed by atoms with E-state index in [1.54, 1.807) is 24.3 Å². The Bertz CT molecular complexity index is 608. The second-order valence-corrected chi connectivity index (χ2v) is 8.47. The van der Waals surface area contributed by atoms with Gasteiger partial charge in [0.25, 0.3) is 0 Å². The molecule has 0 spiro atoms. The highest BCUT2D eigenvalue weighted by Crippen LogP contribution is 2.30. The van der Waals surface area contributed by atoms with Crippen molar-refractivity contribution in [2.24, 2.45) is 0 Å². The highest BCUT2D eigenvalue weighted by atomic mass is 32.2. The van der Waals surface area contributed by atoms with Gasteiger partial charge < -0.3 is 9.47 Å². The number of morpholine rings is 1. The van der Waals surface area contributed by atoms with E-state index in [0.29, 0.717) is 18.9 Å². The largest absolute Gasteiger partial charge is 0.491 e. The molecular formula is C16H25NO4S. The van der Waals surface area contributed by atoms with Gasteiger partial charge in [-0.25, -0.2) is 8.42 Å². The van der Waals surface area contributed by atoms with Crippen LogP contribution in [-0.2, 0) is 14.8 Å². The lowest BCUT2D eigenvalue weighted by molar-refractivity contribution is -0.0551. The van der Waals surface area contributed by atoms with Gasteiger partial charge in [-0.2, -0.15) is 4.31 Å². The highest BCUT2D eigenvalue weighted by Gasteiger charge is 2.41. The van der Waals surface area contributed by atoms with E-state index in [1.807, 2.05) is 34.6 Å². The summed E-state index contributed by atoms with van der Waals surface area (Å²) in [7, 11) is -3.55. The number of rotatable bonds is 4. The van der Waals surface area contributed by atoms with Crippen molar-refractivity contribution in [3.05, 3.63) is 24.3 Å². The van der Waals surface area contributed by atoms with Gasteiger partial charge >= 0.3 is 0 Å². The number of benzene rings is 1. The van der Waals surface area contributed by atoms with Crippen LogP contribution in [0.25, 0.3) is 0 Å². The van der Waals surface area contributed by atoms with Crippen molar-refractivity contribution in [3.8, 4) is 5.75 Å². The maximum Gasteiger partial charge on any atom is 0.243 e. The summed E-state index contributed by atoms with van der Waals surface area (Å²) < 4.78 is 38.5. The van der Waals surface area contributed by atoms with Crippen molar-refractivity contribution in [2.45, 2.75) is 57.3 Å². The van der Waals surface area contributed by atoms with Crippen LogP contribution in [0.1, 0.15) is 34.6 Å². The monoisotopic (exact) mass is 327 g/mol. The Balaban J connectivity index is 2.29. The lowest BCUT2D eigenvalue weighted by Crippen LogP contribution is -2.57. The topological polar surface area (TPSA) is 55.8 Å². The van der Waals surface area contributed by atoms with Crippen LogP contribution >= 0.6 is 0 Å². The summed E-state index contributed by atoms with van der Waals surface area (Å²) in [4.78, 5) is 0.283. The summed E-state index contributed by atoms with van der Waals surface area (Å²) in [6, 6.07) is 6.60. The maximum absolute atomic E-state index is 12.9. The molecule has 0 aliphatic carbocycles. The Hall–Kier alpha value is -1.11. The third kappa shape index (κ3) is 3.62. The Morgan fingerprint density at radius 3 is 2.41 bits per heavy atom. The van der Waals surface area contributed by atoms with Crippen molar-refractivity contribution in [1.29, 1.82) is 0 Å². The number of ether oxygens (including phenoxy) is 2. The second-order valence-electron chi connectivity index (χ2n) is 6.61. The van der Waals surface area contributed by atoms with E-state index in [2.05, 4.69) is 0 Å². The van der Waals surface area contributed by atoms with Crippen LogP contribution in [0.4, 0.5) is 0 Å². The first-order valence-electron chi connectivity index (χ1n) is 7.54. The minimum Gasteiger partial charge on any atom is -0.491 e. The van der Waals surface area contributed by atoms with Crippen LogP contribution in [0.3, 0.4) is 0 Å². The van der Waals surface area contributed by atoms with Gasteiger partial charge in [-0.1, -0.05) is 0 Å². The smallest absolute Gasteiger partial charge is 0.243 e. The third-order valence-corrected chi connectivity index (χ3v) is 5.69. The molecule has 124 valence electrons. The van der Waals surface area contributed by atoms with Crippen LogP contribution in [0.15, 0.2) is 29.2 Å². The van der Waals surface area contributed by atoms with Crippen LogP contribution in [0, 0.1) is 0 Å². The molecule has 22 heavy (non-hydrogen) atoms. The normalized spacial score (nSPS) is 22.7. The summed E-state index contributed by atoms with van der Waals surface area (Å²) >= 11 is 0. The molecule has 1 heterocycles. The Morgan fingerprint density at radius 2 is 1.86 bits per heavy atom. The summed E-state index contributed by atoms with van der Waals surface area (Å²) in [5, 5.41) is 0. The SMILES string of the molecule is CC(C)Oc1ccc(S(=O)(=O)N2CC(C)OCC2(C)C)cc1. The molecule has 1 fully saturated rings. The molecule has 1 unspecified atom stereocenters. The molecule has 2 rings (SSSR count). The molecule has 1 atom stereocenters. The quantitative estimate of drug-likeness (QED) is 0.853. The van der Waals surface area contributed by atoms with Crippen molar-refractivity contribution in [3.63, 3.8) is 0 Å². The fourth-order valence-corrected chi connectivity index (χ4v) is 4.31. The zero-order valence-corrected chi connectivity index (χ0v) is 14.7. The van der Waals surface area contributed by atoms with Gasteiger partial charge in [0.1, 0.15) is 5.75 Å². The molecule has 0 aromatic heterocycles. The van der Waals surface area contributed by atoms with Gasteiger partial charge in [0.05, 0.1) is 29.2 Å². The molecule has 1 saturated heterocycles. The molecule has 1 aromatic rings. The Labute approximate surface area is 133 Å². The zero-order valence-electron chi connectivity index (χ0n) is 13.9. The van der Waals surface area contributed by atoms with Crippen molar-refractivity contribution >= 4 is 10.0 Å². The van der Waals surface area contributed by atoms with Crippen molar-refractivity contribution in [2.75, 3.05) is 13.2 Å². The van der Waals surface area contributed by atoms with Crippen molar-refractivity contribution in [1.82, 2.24) is 4.31 Å². The zero-order chi connectivity index (χ0) is 16.5. The predicted molar refractivity (Wildman–Crippen MR) is 85.6 cm³/mol. The number of hydrogen-bond acceptors (Lipinski definition) is 4. The van der Waals surface area contributed by atoms with E-state index in [0.717, 1.165) is 0 Å². The van der Waals surface area contributed by atoms with Gasteiger partial charge in [0.15, 0.2) is 0 Å². The first-order valence-corrected chi connectivity index (χ1v) is 8.98. The van der Waals surface area contributed by atoms with E-state index in [9.17, 15) is 8.42 Å². The average molecular weight is 327 g/mol. The van der Waals surface area contributed by atoms with E-state index >= 15 is 0 Å². The molecule has 0 amide bonds. The lowest BCUT2D eigenvalue weighted by atomic mass is 10.1. The summed E-state index contributed by atoms with van der Waals surface area (Å²) in [5.41, 5.74) is -0.557. The van der Waals surface area contributed by atoms with Crippen LogP contribution < -0.4 is 4.74 Å². The fourth-order valence-electron chi connectivity index (χ4n) is 2.46. The molecule has 6 heteroatoms. The third-order valence-electron chi connectivity index (χ3n) is 3.60. The Morgan fingerprint density at radius 1 is 1.27 bits per heavy atom. The van der Waals surface area contributed by atoms with Gasteiger partial charge in [-0.3, -0.25) is 0 Å². The molecule has 0 bridgehead atoms. The highest BCUT2D eigenvalue weighted by molar-refractivity contribution is 7.89. The fraction of sp³-hybridized carbons (Fsp3) is 0.625. The maximum atomic E-state index is 12.9. The minimum absolute atomic E-state index is 0.0569. The average Bonchev–Trinajstić information content (AvgIpc) is 2.41. The second kappa shape index (κ2) is 6.18. The lowest BCUT2D eigenvalue weighted by Gasteiger charge is -2.43. The van der Waals surface area contributed by atoms with E-state index in [4.69, 9.17) is 9.47 Å². The standard InChI is InChI=1S/C16H25NO4S/c1-12(2)21-14-6-8-15(9-7-14)22(18,19)17-10-13(3)20-11-16(17,4)5/h6-9,12-13H,10-11H2,1-5H3. The van der Waals surface area contributed by atoms with Crippen LogP contribution in [0.5, 0.6) is 5.75 Å². The molecule has 5 nitrogen and oxygen atoms in total. The summed E-state index contributed by atoms with van der Waals surface area (Å²) in [6.07, 6.45) is -0.0483. The molecular weight excluding hydrogens is 302 g/mol. The minimum atomic E-state index is -3.55. The molecule has 0 radical (unpaired) electrons. The van der Waals surface area contributed by atoms with E-state index in [1.165, 1.54) is 4.31 Å². The Kier molecular flexibility index (Phi) is 4.84. The molecule has 0 N–H and O–H groups in total. The van der Waals surface area contributed by atoms with Crippen molar-refractivity contribution < 1.29 is 17.9 Å². The van der Waals surface area contributed by atoms with Gasteiger partial charge in [-0.05, 0) is 58.9 Å². The van der Waals surface area contributed by atoms with Crippen LogP contribution in [0.2, 0.25) is 0 Å². The number of sulfonamides is 1. The van der Waals surface area contributed by atoms with Gasteiger partial charge in [0.2, 0.25) is 10.0 Å². The molecule has 0 saturated carbocycles. The molecule has 1 aliphatic heterocycles. The van der Waals surface area contributed by atoms with E-state index in [-0.39, 0.29) is 17.1 Å². The summed E-state index contributed by atoms with van der Waals surface area (Å²) in [6.45, 7) is 10.3. The van der Waals surface area contributed by atoms with Gasteiger partial charge in [-0.15, -0.1) is 0 Å². The first-order chi connectivity index (χ1) is 10.1. The number of hydrogen-bond donors (Lipinski definition) is 0.